The Morgan fingerprint density at radius 2 is 2.16 bits per heavy atom. The number of para-hydroxylation sites is 1. The maximum Gasteiger partial charge on any atom is 0.258 e. The first-order chi connectivity index (χ1) is 8.96. The Hall–Kier alpha value is -1.08. The molecule has 1 aliphatic heterocycles. The molecule has 0 saturated carbocycles. The Morgan fingerprint density at radius 1 is 1.42 bits per heavy atom. The number of amides is 1. The average Bonchev–Trinajstić information content (AvgIpc) is 2.67. The molecule has 1 aromatic carbocycles. The van der Waals surface area contributed by atoms with E-state index in [2.05, 4.69) is 21.2 Å². The summed E-state index contributed by atoms with van der Waals surface area (Å²) in [4.78, 5) is 11.6. The van der Waals surface area contributed by atoms with Crippen molar-refractivity contribution >= 4 is 31.7 Å². The van der Waals surface area contributed by atoms with Crippen molar-refractivity contribution in [2.45, 2.75) is 12.5 Å². The highest BCUT2D eigenvalue weighted by atomic mass is 79.9. The summed E-state index contributed by atoms with van der Waals surface area (Å²) in [5.41, 5.74) is 0. The van der Waals surface area contributed by atoms with Gasteiger partial charge in [-0.05, 0) is 34.5 Å². The van der Waals surface area contributed by atoms with Gasteiger partial charge >= 0.3 is 0 Å². The first kappa shape index (κ1) is 14.3. The largest absolute Gasteiger partial charge is 0.483 e. The second-order valence-corrected chi connectivity index (χ2v) is 7.47. The molecule has 1 N–H and O–H groups in total. The molecule has 5 nitrogen and oxygen atoms in total. The number of benzene rings is 1. The molecule has 1 heterocycles. The van der Waals surface area contributed by atoms with E-state index in [0.29, 0.717) is 12.2 Å². The molecule has 0 bridgehead atoms. The third-order valence-electron chi connectivity index (χ3n) is 2.79. The van der Waals surface area contributed by atoms with Gasteiger partial charge in [-0.1, -0.05) is 12.1 Å². The lowest BCUT2D eigenvalue weighted by atomic mass is 10.2. The van der Waals surface area contributed by atoms with E-state index in [4.69, 9.17) is 4.74 Å². The molecule has 1 atom stereocenters. The molecule has 1 amide bonds. The van der Waals surface area contributed by atoms with Crippen LogP contribution in [0.1, 0.15) is 6.42 Å². The summed E-state index contributed by atoms with van der Waals surface area (Å²) in [6.45, 7) is -0.126. The van der Waals surface area contributed by atoms with E-state index in [-0.39, 0.29) is 30.1 Å². The highest BCUT2D eigenvalue weighted by molar-refractivity contribution is 9.10. The fourth-order valence-electron chi connectivity index (χ4n) is 1.88. The summed E-state index contributed by atoms with van der Waals surface area (Å²) in [6.07, 6.45) is 0.475. The topological polar surface area (TPSA) is 72.5 Å². The zero-order valence-corrected chi connectivity index (χ0v) is 12.5. The standard InChI is InChI=1S/C12H14BrNO4S/c13-10-3-1-2-4-11(10)18-7-12(15)14-9-5-6-19(16,17)8-9/h1-4,9H,5-8H2,(H,14,15)/t9-/m1/s1. The highest BCUT2D eigenvalue weighted by Crippen LogP contribution is 2.23. The summed E-state index contributed by atoms with van der Waals surface area (Å²) in [7, 11) is -2.98. The first-order valence-corrected chi connectivity index (χ1v) is 8.45. The van der Waals surface area contributed by atoms with Crippen LogP contribution >= 0.6 is 15.9 Å². The van der Waals surface area contributed by atoms with Crippen molar-refractivity contribution in [3.05, 3.63) is 28.7 Å². The summed E-state index contributed by atoms with van der Waals surface area (Å²) in [5.74, 6) is 0.436. The minimum Gasteiger partial charge on any atom is -0.483 e. The predicted octanol–water partition coefficient (Wildman–Crippen LogP) is 1.13. The van der Waals surface area contributed by atoms with E-state index in [0.717, 1.165) is 4.47 Å². The Morgan fingerprint density at radius 3 is 2.79 bits per heavy atom. The number of halogens is 1. The van der Waals surface area contributed by atoms with E-state index in [9.17, 15) is 13.2 Å². The number of sulfone groups is 1. The number of rotatable bonds is 4. The van der Waals surface area contributed by atoms with Crippen LogP contribution in [0, 0.1) is 0 Å². The van der Waals surface area contributed by atoms with Gasteiger partial charge in [0, 0.05) is 6.04 Å². The summed E-state index contributed by atoms with van der Waals surface area (Å²) < 4.78 is 28.6. The molecule has 0 aliphatic carbocycles. The average molecular weight is 348 g/mol. The minimum atomic E-state index is -2.98. The SMILES string of the molecule is O=C(COc1ccccc1Br)N[C@@H]1CCS(=O)(=O)C1. The van der Waals surface area contributed by atoms with Crippen molar-refractivity contribution in [1.29, 1.82) is 0 Å². The van der Waals surface area contributed by atoms with Gasteiger partial charge in [-0.3, -0.25) is 4.79 Å². The van der Waals surface area contributed by atoms with Crippen LogP contribution in [-0.2, 0) is 14.6 Å². The van der Waals surface area contributed by atoms with E-state index in [1.165, 1.54) is 0 Å². The van der Waals surface area contributed by atoms with Crippen LogP contribution in [0.4, 0.5) is 0 Å². The number of ether oxygens (including phenoxy) is 1. The quantitative estimate of drug-likeness (QED) is 0.886. The van der Waals surface area contributed by atoms with Gasteiger partial charge in [0.1, 0.15) is 5.75 Å². The van der Waals surface area contributed by atoms with Crippen LogP contribution in [0.15, 0.2) is 28.7 Å². The number of hydrogen-bond acceptors (Lipinski definition) is 4. The van der Waals surface area contributed by atoms with Gasteiger partial charge in [0.2, 0.25) is 0 Å². The highest BCUT2D eigenvalue weighted by Gasteiger charge is 2.28. The van der Waals surface area contributed by atoms with Crippen LogP contribution in [0.2, 0.25) is 0 Å². The lowest BCUT2D eigenvalue weighted by Gasteiger charge is -2.12. The van der Waals surface area contributed by atoms with E-state index >= 15 is 0 Å². The van der Waals surface area contributed by atoms with Crippen molar-refractivity contribution in [2.75, 3.05) is 18.1 Å². The molecule has 0 unspecified atom stereocenters. The van der Waals surface area contributed by atoms with Crippen molar-refractivity contribution in [2.24, 2.45) is 0 Å². The lowest BCUT2D eigenvalue weighted by Crippen LogP contribution is -2.38. The van der Waals surface area contributed by atoms with Gasteiger partial charge in [0.25, 0.3) is 5.91 Å². The first-order valence-electron chi connectivity index (χ1n) is 5.83. The Kier molecular flexibility index (Phi) is 4.46. The van der Waals surface area contributed by atoms with Crippen molar-refractivity contribution in [1.82, 2.24) is 5.32 Å². The summed E-state index contributed by atoms with van der Waals surface area (Å²) >= 11 is 3.31. The van der Waals surface area contributed by atoms with Crippen molar-refractivity contribution < 1.29 is 17.9 Å². The summed E-state index contributed by atoms with van der Waals surface area (Å²) in [6, 6.07) is 6.93. The van der Waals surface area contributed by atoms with Gasteiger partial charge in [0.05, 0.1) is 16.0 Å². The van der Waals surface area contributed by atoms with Crippen LogP contribution < -0.4 is 10.1 Å². The Balaban J connectivity index is 1.81. The number of carbonyl (C=O) groups excluding carboxylic acids is 1. The van der Waals surface area contributed by atoms with Crippen molar-refractivity contribution in [3.63, 3.8) is 0 Å². The normalized spacial score (nSPS) is 21.0. The number of nitrogens with one attached hydrogen (secondary N) is 1. The maximum atomic E-state index is 11.6. The molecule has 104 valence electrons. The fraction of sp³-hybridized carbons (Fsp3) is 0.417. The van der Waals surface area contributed by atoms with Gasteiger partial charge in [-0.25, -0.2) is 8.42 Å². The Bertz CT molecular complexity index is 573. The molecule has 1 aliphatic rings. The number of carbonyl (C=O) groups is 1. The Labute approximate surface area is 120 Å². The summed E-state index contributed by atoms with van der Waals surface area (Å²) in [5, 5.41) is 2.67. The zero-order valence-electron chi connectivity index (χ0n) is 10.1. The molecule has 1 fully saturated rings. The predicted molar refractivity (Wildman–Crippen MR) is 74.8 cm³/mol. The van der Waals surface area contributed by atoms with Gasteiger partial charge < -0.3 is 10.1 Å². The minimum absolute atomic E-state index is 0.0216. The van der Waals surface area contributed by atoms with Gasteiger partial charge in [-0.2, -0.15) is 0 Å². The van der Waals surface area contributed by atoms with Crippen LogP contribution in [0.25, 0.3) is 0 Å². The molecule has 1 saturated heterocycles. The second kappa shape index (κ2) is 5.92. The van der Waals surface area contributed by atoms with E-state index < -0.39 is 9.84 Å². The lowest BCUT2D eigenvalue weighted by molar-refractivity contribution is -0.123. The molecule has 19 heavy (non-hydrogen) atoms. The van der Waals surface area contributed by atoms with E-state index in [1.807, 2.05) is 18.2 Å². The van der Waals surface area contributed by atoms with Gasteiger partial charge in [0.15, 0.2) is 16.4 Å². The van der Waals surface area contributed by atoms with E-state index in [1.54, 1.807) is 6.07 Å². The monoisotopic (exact) mass is 347 g/mol. The smallest absolute Gasteiger partial charge is 0.258 e. The molecular weight excluding hydrogens is 334 g/mol. The van der Waals surface area contributed by atoms with Crippen LogP contribution in [-0.4, -0.2) is 38.5 Å². The third kappa shape index (κ3) is 4.21. The molecule has 7 heteroatoms. The molecule has 2 rings (SSSR count). The van der Waals surface area contributed by atoms with Gasteiger partial charge in [-0.15, -0.1) is 0 Å². The zero-order chi connectivity index (χ0) is 13.9. The van der Waals surface area contributed by atoms with Crippen LogP contribution in [0.5, 0.6) is 5.75 Å². The molecule has 0 spiro atoms. The molecule has 0 radical (unpaired) electrons. The van der Waals surface area contributed by atoms with Crippen molar-refractivity contribution in [3.8, 4) is 5.75 Å². The maximum absolute atomic E-state index is 11.6. The van der Waals surface area contributed by atoms with Crippen LogP contribution in [0.3, 0.4) is 0 Å². The molecule has 1 aromatic rings. The third-order valence-corrected chi connectivity index (χ3v) is 5.22. The fourth-order valence-corrected chi connectivity index (χ4v) is 3.96. The molecule has 0 aromatic heterocycles. The number of hydrogen-bond donors (Lipinski definition) is 1. The molecular formula is C12H14BrNO4S. The second-order valence-electron chi connectivity index (χ2n) is 4.39.